The van der Waals surface area contributed by atoms with Gasteiger partial charge in [-0.3, -0.25) is 0 Å². The number of halogens is 4. The predicted octanol–water partition coefficient (Wildman–Crippen LogP) is 5.09. The Morgan fingerprint density at radius 3 is 2.58 bits per heavy atom. The Morgan fingerprint density at radius 2 is 2.00 bits per heavy atom. The third-order valence-corrected chi connectivity index (χ3v) is 5.23. The van der Waals surface area contributed by atoms with Gasteiger partial charge in [-0.05, 0) is 51.0 Å². The minimum atomic E-state index is -4.46. The van der Waals surface area contributed by atoms with Crippen LogP contribution in [0.3, 0.4) is 0 Å². The van der Waals surface area contributed by atoms with Crippen molar-refractivity contribution in [2.24, 2.45) is 0 Å². The lowest BCUT2D eigenvalue weighted by molar-refractivity contribution is -0.141. The van der Waals surface area contributed by atoms with Gasteiger partial charge in [-0.15, -0.1) is 0 Å². The molecule has 1 amide bonds. The molecule has 2 atom stereocenters. The molecule has 2 aliphatic heterocycles. The fourth-order valence-corrected chi connectivity index (χ4v) is 4.10. The normalized spacial score (nSPS) is 25.7. The maximum absolute atomic E-state index is 13.4. The monoisotopic (exact) mass is 435 g/mol. The first kappa shape index (κ1) is 19.5. The van der Waals surface area contributed by atoms with Crippen LogP contribution in [0.2, 0.25) is 0 Å². The third kappa shape index (κ3) is 3.58. The summed E-state index contributed by atoms with van der Waals surface area (Å²) in [6.45, 7) is 7.55. The molecule has 0 N–H and O–H groups in total. The zero-order valence-corrected chi connectivity index (χ0v) is 16.6. The molecule has 26 heavy (non-hydrogen) atoms. The summed E-state index contributed by atoms with van der Waals surface area (Å²) in [6, 6.07) is 2.78. The highest BCUT2D eigenvalue weighted by Crippen LogP contribution is 2.48. The van der Waals surface area contributed by atoms with E-state index < -0.39 is 29.0 Å². The molecule has 144 valence electrons. The van der Waals surface area contributed by atoms with E-state index in [1.165, 1.54) is 4.90 Å². The van der Waals surface area contributed by atoms with Crippen LogP contribution in [-0.2, 0) is 22.3 Å². The summed E-state index contributed by atoms with van der Waals surface area (Å²) in [4.78, 5) is 13.9. The van der Waals surface area contributed by atoms with Crippen LogP contribution in [0, 0.1) is 0 Å². The Labute approximate surface area is 158 Å². The molecule has 0 aromatic heterocycles. The molecule has 2 unspecified atom stereocenters. The second-order valence-corrected chi connectivity index (χ2v) is 8.95. The Balaban J connectivity index is 1.97. The van der Waals surface area contributed by atoms with Crippen LogP contribution in [0.1, 0.15) is 50.3 Å². The van der Waals surface area contributed by atoms with Crippen LogP contribution in [0.15, 0.2) is 16.6 Å². The number of carbonyl (C=O) groups is 1. The summed E-state index contributed by atoms with van der Waals surface area (Å²) >= 11 is 3.19. The average Bonchev–Trinajstić information content (AvgIpc) is 2.82. The number of likely N-dealkylation sites (tertiary alicyclic amines) is 1. The maximum atomic E-state index is 13.4. The highest BCUT2D eigenvalue weighted by molar-refractivity contribution is 9.10. The predicted molar refractivity (Wildman–Crippen MR) is 92.9 cm³/mol. The van der Waals surface area contributed by atoms with Gasteiger partial charge in [0.2, 0.25) is 0 Å². The van der Waals surface area contributed by atoms with Crippen molar-refractivity contribution in [3.05, 3.63) is 33.3 Å². The van der Waals surface area contributed by atoms with Crippen LogP contribution in [0.25, 0.3) is 0 Å². The fourth-order valence-electron chi connectivity index (χ4n) is 3.63. The molecule has 0 radical (unpaired) electrons. The molecule has 1 aromatic rings. The first-order valence-corrected chi connectivity index (χ1v) is 9.11. The minimum absolute atomic E-state index is 0.132. The van der Waals surface area contributed by atoms with Crippen molar-refractivity contribution in [3.63, 3.8) is 0 Å². The molecule has 0 aliphatic carbocycles. The van der Waals surface area contributed by atoms with Crippen molar-refractivity contribution in [1.82, 2.24) is 4.90 Å². The maximum Gasteiger partial charge on any atom is 0.416 e. The molecule has 0 spiro atoms. The molecular weight excluding hydrogens is 415 g/mol. The first-order valence-electron chi connectivity index (χ1n) is 8.31. The molecule has 2 heterocycles. The van der Waals surface area contributed by atoms with E-state index in [4.69, 9.17) is 9.47 Å². The number of carbonyl (C=O) groups excluding carboxylic acids is 1. The lowest BCUT2D eigenvalue weighted by atomic mass is 9.80. The summed E-state index contributed by atoms with van der Waals surface area (Å²) in [5, 5.41) is 0. The lowest BCUT2D eigenvalue weighted by Gasteiger charge is -2.37. The molecule has 1 saturated heterocycles. The highest BCUT2D eigenvalue weighted by atomic mass is 79.9. The largest absolute Gasteiger partial charge is 0.444 e. The van der Waals surface area contributed by atoms with Gasteiger partial charge in [-0.2, -0.15) is 13.2 Å². The van der Waals surface area contributed by atoms with Gasteiger partial charge in [0.25, 0.3) is 0 Å². The molecule has 8 heteroatoms. The number of alkyl halides is 3. The van der Waals surface area contributed by atoms with Crippen LogP contribution in [0.4, 0.5) is 18.0 Å². The van der Waals surface area contributed by atoms with Crippen molar-refractivity contribution in [2.75, 3.05) is 13.1 Å². The van der Waals surface area contributed by atoms with E-state index in [-0.39, 0.29) is 31.2 Å². The summed E-state index contributed by atoms with van der Waals surface area (Å²) < 4.78 is 51.9. The molecule has 3 rings (SSSR count). The molecular formula is C18H21BrF3NO3. The number of fused-ring (bicyclic) bond motifs is 3. The Hall–Kier alpha value is -1.28. The summed E-state index contributed by atoms with van der Waals surface area (Å²) in [6.07, 6.45) is -4.95. The topological polar surface area (TPSA) is 38.8 Å². The van der Waals surface area contributed by atoms with Gasteiger partial charge in [0.05, 0.1) is 24.3 Å². The third-order valence-electron chi connectivity index (χ3n) is 4.77. The number of benzene rings is 1. The Kier molecular flexibility index (Phi) is 4.59. The number of hydrogen-bond acceptors (Lipinski definition) is 3. The number of rotatable bonds is 0. The number of hydrogen-bond donors (Lipinski definition) is 0. The van der Waals surface area contributed by atoms with E-state index in [0.29, 0.717) is 10.0 Å². The van der Waals surface area contributed by atoms with Gasteiger partial charge in [-0.1, -0.05) is 15.9 Å². The van der Waals surface area contributed by atoms with Gasteiger partial charge in [0, 0.05) is 16.9 Å². The summed E-state index contributed by atoms with van der Waals surface area (Å²) in [5.74, 6) is -0.350. The van der Waals surface area contributed by atoms with Crippen LogP contribution < -0.4 is 0 Å². The molecule has 2 aliphatic rings. The molecule has 0 saturated carbocycles. The quantitative estimate of drug-likeness (QED) is 0.569. The number of amides is 1. The average molecular weight is 436 g/mol. The summed E-state index contributed by atoms with van der Waals surface area (Å²) in [7, 11) is 0. The van der Waals surface area contributed by atoms with E-state index in [0.717, 1.165) is 6.07 Å². The van der Waals surface area contributed by atoms with Gasteiger partial charge < -0.3 is 14.4 Å². The van der Waals surface area contributed by atoms with Crippen LogP contribution in [0.5, 0.6) is 0 Å². The zero-order chi connectivity index (χ0) is 19.5. The van der Waals surface area contributed by atoms with Crippen molar-refractivity contribution in [3.8, 4) is 0 Å². The van der Waals surface area contributed by atoms with E-state index in [9.17, 15) is 18.0 Å². The lowest BCUT2D eigenvalue weighted by Crippen LogP contribution is -2.42. The molecule has 4 nitrogen and oxygen atoms in total. The van der Waals surface area contributed by atoms with Gasteiger partial charge in [-0.25, -0.2) is 4.79 Å². The van der Waals surface area contributed by atoms with Crippen molar-refractivity contribution in [2.45, 2.75) is 57.6 Å². The van der Waals surface area contributed by atoms with Gasteiger partial charge in [0.15, 0.2) is 0 Å². The Morgan fingerprint density at radius 1 is 1.35 bits per heavy atom. The SMILES string of the molecule is CC(C)(C)OC(=O)N1CC2c3cc(Br)cc(C(F)(F)F)c3COC2(C)C1. The Bertz CT molecular complexity index is 744. The molecule has 0 bridgehead atoms. The number of nitrogens with zero attached hydrogens (tertiary/aromatic N) is 1. The van der Waals surface area contributed by atoms with Gasteiger partial charge in [0.1, 0.15) is 5.60 Å². The molecule has 1 fully saturated rings. The van der Waals surface area contributed by atoms with E-state index in [2.05, 4.69) is 15.9 Å². The van der Waals surface area contributed by atoms with E-state index in [1.54, 1.807) is 26.8 Å². The second kappa shape index (κ2) is 6.12. The van der Waals surface area contributed by atoms with Gasteiger partial charge >= 0.3 is 12.3 Å². The van der Waals surface area contributed by atoms with Crippen LogP contribution >= 0.6 is 15.9 Å². The molecule has 1 aromatic carbocycles. The highest BCUT2D eigenvalue weighted by Gasteiger charge is 2.51. The minimum Gasteiger partial charge on any atom is -0.444 e. The van der Waals surface area contributed by atoms with E-state index >= 15 is 0 Å². The van der Waals surface area contributed by atoms with Crippen molar-refractivity contribution >= 4 is 22.0 Å². The fraction of sp³-hybridized carbons (Fsp3) is 0.611. The first-order chi connectivity index (χ1) is 11.8. The smallest absolute Gasteiger partial charge is 0.416 e. The zero-order valence-electron chi connectivity index (χ0n) is 15.0. The standard InChI is InChI=1S/C18H21BrF3NO3/c1-16(2,3)26-15(24)23-7-14-11-5-10(19)6-13(18(20,21)22)12(11)8-25-17(14,4)9-23/h5-6,14H,7-9H2,1-4H3. The van der Waals surface area contributed by atoms with Crippen molar-refractivity contribution < 1.29 is 27.4 Å². The number of ether oxygens (including phenoxy) is 2. The summed E-state index contributed by atoms with van der Waals surface area (Å²) in [5.41, 5.74) is -1.36. The van der Waals surface area contributed by atoms with Crippen molar-refractivity contribution in [1.29, 1.82) is 0 Å². The second-order valence-electron chi connectivity index (χ2n) is 8.03. The van der Waals surface area contributed by atoms with E-state index in [1.807, 2.05) is 6.92 Å². The van der Waals surface area contributed by atoms with Crippen LogP contribution in [-0.4, -0.2) is 35.3 Å².